The number of hydrogen-bond donors (Lipinski definition) is 0. The highest BCUT2D eigenvalue weighted by atomic mass is 16.5. The maximum Gasteiger partial charge on any atom is 0.259 e. The van der Waals surface area contributed by atoms with Crippen LogP contribution >= 0.6 is 0 Å². The monoisotopic (exact) mass is 453 g/mol. The first kappa shape index (κ1) is 24.6. The van der Waals surface area contributed by atoms with E-state index in [1.54, 1.807) is 29.3 Å². The molecule has 7 heteroatoms. The highest BCUT2D eigenvalue weighted by Gasteiger charge is 2.29. The maximum atomic E-state index is 13.7. The number of aromatic nitrogens is 1. The number of hydrogen-bond acceptors (Lipinski definition) is 5. The lowest BCUT2D eigenvalue weighted by Gasteiger charge is -2.33. The van der Waals surface area contributed by atoms with Gasteiger partial charge in [0.2, 0.25) is 5.88 Å². The van der Waals surface area contributed by atoms with Crippen LogP contribution in [0.5, 0.6) is 11.6 Å². The smallest absolute Gasteiger partial charge is 0.259 e. The van der Waals surface area contributed by atoms with Gasteiger partial charge in [-0.1, -0.05) is 26.0 Å². The number of carbonyl (C=O) groups excluding carboxylic acids is 2. The van der Waals surface area contributed by atoms with Gasteiger partial charge in [-0.15, -0.1) is 0 Å². The molecule has 1 aromatic heterocycles. The topological polar surface area (TPSA) is 72.0 Å². The first-order chi connectivity index (χ1) is 15.9. The van der Waals surface area contributed by atoms with E-state index in [-0.39, 0.29) is 17.9 Å². The number of rotatable bonds is 4. The van der Waals surface area contributed by atoms with Crippen LogP contribution in [0.2, 0.25) is 0 Å². The molecule has 1 aliphatic heterocycles. The SMILES string of the molecule is COc1ncccc1C(=O)N1CCCCCN(C)C(=O)c2ccccc2OC[C@@H]1CC(C)C. The van der Waals surface area contributed by atoms with Crippen LogP contribution in [0, 0.1) is 5.92 Å². The van der Waals surface area contributed by atoms with E-state index in [0.717, 1.165) is 25.7 Å². The summed E-state index contributed by atoms with van der Waals surface area (Å²) in [6.45, 7) is 5.85. The average molecular weight is 454 g/mol. The van der Waals surface area contributed by atoms with Crippen molar-refractivity contribution in [3.8, 4) is 11.6 Å². The van der Waals surface area contributed by atoms with Crippen LogP contribution in [0.3, 0.4) is 0 Å². The van der Waals surface area contributed by atoms with Gasteiger partial charge in [-0.05, 0) is 55.9 Å². The summed E-state index contributed by atoms with van der Waals surface area (Å²) in [7, 11) is 3.35. The minimum absolute atomic E-state index is 0.0433. The fourth-order valence-electron chi connectivity index (χ4n) is 4.22. The number of carbonyl (C=O) groups is 2. The zero-order valence-corrected chi connectivity index (χ0v) is 20.1. The van der Waals surface area contributed by atoms with Crippen LogP contribution in [0.15, 0.2) is 42.6 Å². The molecule has 0 saturated carbocycles. The largest absolute Gasteiger partial charge is 0.491 e. The van der Waals surface area contributed by atoms with E-state index in [1.807, 2.05) is 30.1 Å². The molecule has 0 spiro atoms. The minimum atomic E-state index is -0.149. The number of fused-ring (bicyclic) bond motifs is 1. The van der Waals surface area contributed by atoms with Crippen LogP contribution in [0.25, 0.3) is 0 Å². The van der Waals surface area contributed by atoms with E-state index < -0.39 is 0 Å². The molecule has 178 valence electrons. The van der Waals surface area contributed by atoms with Crippen molar-refractivity contribution < 1.29 is 19.1 Å². The molecule has 1 aromatic carbocycles. The molecule has 2 aromatic rings. The van der Waals surface area contributed by atoms with Crippen LogP contribution in [0.4, 0.5) is 0 Å². The number of methoxy groups -OCH3 is 1. The molecule has 3 rings (SSSR count). The van der Waals surface area contributed by atoms with Crippen LogP contribution in [-0.2, 0) is 0 Å². The molecule has 0 fully saturated rings. The van der Waals surface area contributed by atoms with Gasteiger partial charge < -0.3 is 19.3 Å². The number of pyridine rings is 1. The molecule has 0 unspecified atom stereocenters. The highest BCUT2D eigenvalue weighted by Crippen LogP contribution is 2.25. The molecule has 0 bridgehead atoms. The Balaban J connectivity index is 1.96. The Kier molecular flexibility index (Phi) is 8.69. The Morgan fingerprint density at radius 2 is 1.91 bits per heavy atom. The van der Waals surface area contributed by atoms with Crippen molar-refractivity contribution in [2.24, 2.45) is 5.92 Å². The van der Waals surface area contributed by atoms with Gasteiger partial charge in [-0.25, -0.2) is 4.98 Å². The summed E-state index contributed by atoms with van der Waals surface area (Å²) < 4.78 is 11.6. The summed E-state index contributed by atoms with van der Waals surface area (Å²) in [6.07, 6.45) is 5.04. The molecular formula is C26H35N3O4. The van der Waals surface area contributed by atoms with Crippen molar-refractivity contribution in [2.45, 2.75) is 45.6 Å². The fourth-order valence-corrected chi connectivity index (χ4v) is 4.22. The second-order valence-corrected chi connectivity index (χ2v) is 8.94. The van der Waals surface area contributed by atoms with Gasteiger partial charge in [0.1, 0.15) is 17.9 Å². The second kappa shape index (κ2) is 11.7. The summed E-state index contributed by atoms with van der Waals surface area (Å²) in [5.74, 6) is 1.09. The lowest BCUT2D eigenvalue weighted by molar-refractivity contribution is 0.0569. The third-order valence-electron chi connectivity index (χ3n) is 5.93. The van der Waals surface area contributed by atoms with E-state index >= 15 is 0 Å². The quantitative estimate of drug-likeness (QED) is 0.691. The predicted octanol–water partition coefficient (Wildman–Crippen LogP) is 4.28. The molecule has 0 saturated heterocycles. The van der Waals surface area contributed by atoms with Crippen LogP contribution in [-0.4, -0.2) is 66.5 Å². The molecule has 33 heavy (non-hydrogen) atoms. The van der Waals surface area contributed by atoms with Crippen molar-refractivity contribution in [2.75, 3.05) is 33.9 Å². The summed E-state index contributed by atoms with van der Waals surface area (Å²) in [5.41, 5.74) is 1.00. The van der Waals surface area contributed by atoms with Gasteiger partial charge >= 0.3 is 0 Å². The van der Waals surface area contributed by atoms with Crippen molar-refractivity contribution >= 4 is 11.8 Å². The average Bonchev–Trinajstić information content (AvgIpc) is 2.83. The Morgan fingerprint density at radius 1 is 1.15 bits per heavy atom. The molecular weight excluding hydrogens is 418 g/mol. The number of amides is 2. The van der Waals surface area contributed by atoms with Crippen molar-refractivity contribution in [3.63, 3.8) is 0 Å². The highest BCUT2D eigenvalue weighted by molar-refractivity contribution is 5.97. The van der Waals surface area contributed by atoms with Gasteiger partial charge in [-0.2, -0.15) is 0 Å². The van der Waals surface area contributed by atoms with Crippen molar-refractivity contribution in [1.82, 2.24) is 14.8 Å². The van der Waals surface area contributed by atoms with Gasteiger partial charge in [0.15, 0.2) is 0 Å². The van der Waals surface area contributed by atoms with E-state index in [1.165, 1.54) is 7.11 Å². The first-order valence-electron chi connectivity index (χ1n) is 11.7. The molecule has 0 radical (unpaired) electrons. The zero-order valence-electron chi connectivity index (χ0n) is 20.1. The van der Waals surface area contributed by atoms with E-state index in [0.29, 0.717) is 48.4 Å². The Bertz CT molecular complexity index is 947. The van der Waals surface area contributed by atoms with Crippen LogP contribution < -0.4 is 9.47 Å². The van der Waals surface area contributed by atoms with E-state index in [9.17, 15) is 9.59 Å². The molecule has 0 aliphatic carbocycles. The van der Waals surface area contributed by atoms with Crippen LogP contribution in [0.1, 0.15) is 60.2 Å². The summed E-state index contributed by atoms with van der Waals surface area (Å²) in [4.78, 5) is 34.6. The lowest BCUT2D eigenvalue weighted by atomic mass is 10.0. The molecule has 1 aliphatic rings. The number of benzene rings is 1. The predicted molar refractivity (Wildman–Crippen MR) is 128 cm³/mol. The third kappa shape index (κ3) is 6.24. The molecule has 2 amide bonds. The van der Waals surface area contributed by atoms with Gasteiger partial charge in [0, 0.05) is 26.3 Å². The number of nitrogens with zero attached hydrogens (tertiary/aromatic N) is 3. The molecule has 0 N–H and O–H groups in total. The molecule has 1 atom stereocenters. The van der Waals surface area contributed by atoms with Crippen molar-refractivity contribution in [3.05, 3.63) is 53.7 Å². The Hall–Kier alpha value is -3.09. The first-order valence-corrected chi connectivity index (χ1v) is 11.7. The molecule has 7 nitrogen and oxygen atoms in total. The standard InChI is InChI=1S/C26H35N3O4/c1-19(2)17-20-18-33-23-13-7-6-11-21(23)25(30)28(3)15-8-5-9-16-29(20)26(31)22-12-10-14-27-24(22)32-4/h6-7,10-14,19-20H,5,8-9,15-18H2,1-4H3/t20-/m0/s1. The second-order valence-electron chi connectivity index (χ2n) is 8.94. The fraction of sp³-hybridized carbons (Fsp3) is 0.500. The minimum Gasteiger partial charge on any atom is -0.491 e. The summed E-state index contributed by atoms with van der Waals surface area (Å²) in [5, 5.41) is 0. The Morgan fingerprint density at radius 3 is 2.67 bits per heavy atom. The normalized spacial score (nSPS) is 18.0. The lowest BCUT2D eigenvalue weighted by Crippen LogP contribution is -2.45. The summed E-state index contributed by atoms with van der Waals surface area (Å²) in [6, 6.07) is 10.7. The summed E-state index contributed by atoms with van der Waals surface area (Å²) >= 11 is 0. The maximum absolute atomic E-state index is 13.7. The van der Waals surface area contributed by atoms with Gasteiger partial charge in [0.05, 0.1) is 18.7 Å². The van der Waals surface area contributed by atoms with E-state index in [2.05, 4.69) is 18.8 Å². The number of para-hydroxylation sites is 1. The third-order valence-corrected chi connectivity index (χ3v) is 5.93. The number of ether oxygens (including phenoxy) is 2. The van der Waals surface area contributed by atoms with E-state index in [4.69, 9.17) is 9.47 Å². The van der Waals surface area contributed by atoms with Crippen molar-refractivity contribution in [1.29, 1.82) is 0 Å². The Labute approximate surface area is 196 Å². The zero-order chi connectivity index (χ0) is 23.8. The van der Waals surface area contributed by atoms with Gasteiger partial charge in [0.25, 0.3) is 11.8 Å². The molecule has 2 heterocycles. The van der Waals surface area contributed by atoms with Gasteiger partial charge in [-0.3, -0.25) is 9.59 Å².